The van der Waals surface area contributed by atoms with Crippen molar-refractivity contribution in [2.24, 2.45) is 23.7 Å². The fraction of sp³-hybridized carbons (Fsp3) is 0.722. The van der Waals surface area contributed by atoms with Gasteiger partial charge in [0.25, 0.3) is 0 Å². The monoisotopic (exact) mass is 302 g/mol. The summed E-state index contributed by atoms with van der Waals surface area (Å²) in [5.74, 6) is 1.06. The molecule has 2 saturated carbocycles. The highest BCUT2D eigenvalue weighted by atomic mass is 16.4. The smallest absolute Gasteiger partial charge is 0.307 e. The van der Waals surface area contributed by atoms with Gasteiger partial charge in [-0.2, -0.15) is 0 Å². The molecule has 2 aliphatic heterocycles. The van der Waals surface area contributed by atoms with Crippen molar-refractivity contribution in [3.05, 3.63) is 24.4 Å². The molecule has 2 aliphatic carbocycles. The van der Waals surface area contributed by atoms with Gasteiger partial charge in [0.05, 0.1) is 5.92 Å². The van der Waals surface area contributed by atoms with Crippen molar-refractivity contribution in [1.82, 2.24) is 10.2 Å². The number of carbonyl (C=O) groups is 1. The van der Waals surface area contributed by atoms with Crippen LogP contribution in [0.15, 0.2) is 24.4 Å². The highest BCUT2D eigenvalue weighted by Gasteiger charge is 2.52. The van der Waals surface area contributed by atoms with Crippen molar-refractivity contribution < 1.29 is 9.90 Å². The summed E-state index contributed by atoms with van der Waals surface area (Å²) in [7, 11) is 0. The van der Waals surface area contributed by atoms with Crippen LogP contribution in [0.2, 0.25) is 0 Å². The molecule has 0 aromatic rings. The molecule has 0 radical (unpaired) electrons. The Kier molecular flexibility index (Phi) is 3.52. The third-order valence-corrected chi connectivity index (χ3v) is 6.54. The Bertz CT molecular complexity index is 515. The zero-order valence-corrected chi connectivity index (χ0v) is 13.1. The van der Waals surface area contributed by atoms with E-state index in [4.69, 9.17) is 0 Å². The molecule has 0 spiro atoms. The van der Waals surface area contributed by atoms with E-state index < -0.39 is 5.97 Å². The Balaban J connectivity index is 1.65. The quantitative estimate of drug-likeness (QED) is 0.785. The number of rotatable bonds is 3. The first kappa shape index (κ1) is 14.3. The summed E-state index contributed by atoms with van der Waals surface area (Å²) < 4.78 is 0. The molecule has 120 valence electrons. The fourth-order valence-corrected chi connectivity index (χ4v) is 5.72. The van der Waals surface area contributed by atoms with E-state index in [0.717, 1.165) is 19.4 Å². The summed E-state index contributed by atoms with van der Waals surface area (Å²) in [6.45, 7) is 5.37. The van der Waals surface area contributed by atoms with E-state index in [2.05, 4.69) is 23.0 Å². The highest BCUT2D eigenvalue weighted by Crippen LogP contribution is 2.53. The number of nitrogens with zero attached hydrogens (tertiary/aromatic N) is 1. The Labute approximate surface area is 132 Å². The summed E-state index contributed by atoms with van der Waals surface area (Å²) in [5.41, 5.74) is 1.60. The Morgan fingerprint density at radius 3 is 3.09 bits per heavy atom. The molecular formula is C18H26N2O2. The van der Waals surface area contributed by atoms with Crippen molar-refractivity contribution in [2.75, 3.05) is 13.1 Å². The fourth-order valence-electron chi connectivity index (χ4n) is 5.72. The van der Waals surface area contributed by atoms with Crippen LogP contribution in [0.1, 0.15) is 32.1 Å². The first-order valence-corrected chi connectivity index (χ1v) is 8.71. The van der Waals surface area contributed by atoms with Crippen LogP contribution < -0.4 is 5.32 Å². The lowest BCUT2D eigenvalue weighted by Crippen LogP contribution is -2.57. The third-order valence-electron chi connectivity index (χ3n) is 6.54. The van der Waals surface area contributed by atoms with Gasteiger partial charge in [-0.3, -0.25) is 9.69 Å². The van der Waals surface area contributed by atoms with E-state index in [1.165, 1.54) is 19.3 Å². The Morgan fingerprint density at radius 2 is 2.32 bits per heavy atom. The van der Waals surface area contributed by atoms with Gasteiger partial charge in [0.1, 0.15) is 0 Å². The normalized spacial score (nSPS) is 43.5. The molecule has 22 heavy (non-hydrogen) atoms. The summed E-state index contributed by atoms with van der Waals surface area (Å²) in [6, 6.07) is 1.13. The summed E-state index contributed by atoms with van der Waals surface area (Å²) in [4.78, 5) is 14.0. The molecule has 0 amide bonds. The summed E-state index contributed by atoms with van der Waals surface area (Å²) >= 11 is 0. The molecular weight excluding hydrogens is 276 g/mol. The number of piperidine rings is 1. The van der Waals surface area contributed by atoms with Crippen LogP contribution in [0.4, 0.5) is 0 Å². The molecule has 3 fully saturated rings. The maximum atomic E-state index is 11.6. The number of hydrogen-bond acceptors (Lipinski definition) is 3. The number of aliphatic carboxylic acids is 1. The minimum atomic E-state index is -0.620. The van der Waals surface area contributed by atoms with Gasteiger partial charge in [-0.05, 0) is 49.3 Å². The number of fused-ring (bicyclic) bond motifs is 2. The molecule has 4 rings (SSSR count). The zero-order valence-electron chi connectivity index (χ0n) is 13.1. The second-order valence-corrected chi connectivity index (χ2v) is 7.56. The second kappa shape index (κ2) is 5.41. The molecule has 0 aromatic heterocycles. The van der Waals surface area contributed by atoms with Crippen LogP contribution in [0, 0.1) is 23.7 Å². The van der Waals surface area contributed by atoms with Gasteiger partial charge in [-0.25, -0.2) is 0 Å². The molecule has 0 aromatic carbocycles. The van der Waals surface area contributed by atoms with E-state index in [9.17, 15) is 9.90 Å². The van der Waals surface area contributed by atoms with E-state index in [0.29, 0.717) is 36.4 Å². The van der Waals surface area contributed by atoms with Crippen LogP contribution in [0.25, 0.3) is 0 Å². The van der Waals surface area contributed by atoms with E-state index in [1.54, 1.807) is 5.57 Å². The number of carboxylic acid groups (broad SMARTS) is 1. The molecule has 4 heteroatoms. The first-order valence-electron chi connectivity index (χ1n) is 8.71. The SMILES string of the molecule is C=CCN1C[C@H](C(=O)O)C[C@@H]2C3CCCC4NC=C(C[C@H]21)C43. The molecule has 1 saturated heterocycles. The van der Waals surface area contributed by atoms with Crippen LogP contribution in [0.3, 0.4) is 0 Å². The summed E-state index contributed by atoms with van der Waals surface area (Å²) in [6.07, 6.45) is 10.0. The lowest BCUT2D eigenvalue weighted by molar-refractivity contribution is -0.147. The topological polar surface area (TPSA) is 52.6 Å². The number of nitrogens with one attached hydrogen (secondary N) is 1. The van der Waals surface area contributed by atoms with Gasteiger partial charge in [-0.15, -0.1) is 6.58 Å². The molecule has 2 heterocycles. The van der Waals surface area contributed by atoms with Crippen LogP contribution >= 0.6 is 0 Å². The molecule has 4 aliphatic rings. The maximum Gasteiger partial charge on any atom is 0.307 e. The largest absolute Gasteiger partial charge is 0.481 e. The van der Waals surface area contributed by atoms with Crippen molar-refractivity contribution in [3.63, 3.8) is 0 Å². The average Bonchev–Trinajstić information content (AvgIpc) is 2.93. The van der Waals surface area contributed by atoms with E-state index >= 15 is 0 Å². The van der Waals surface area contributed by atoms with Crippen molar-refractivity contribution in [3.8, 4) is 0 Å². The van der Waals surface area contributed by atoms with Gasteiger partial charge in [0.2, 0.25) is 0 Å². The van der Waals surface area contributed by atoms with E-state index in [-0.39, 0.29) is 5.92 Å². The predicted molar refractivity (Wildman–Crippen MR) is 85.2 cm³/mol. The minimum Gasteiger partial charge on any atom is -0.481 e. The van der Waals surface area contributed by atoms with Gasteiger partial charge in [0, 0.05) is 31.1 Å². The van der Waals surface area contributed by atoms with Gasteiger partial charge in [0.15, 0.2) is 0 Å². The van der Waals surface area contributed by atoms with Gasteiger partial charge in [-0.1, -0.05) is 12.5 Å². The Morgan fingerprint density at radius 1 is 1.45 bits per heavy atom. The molecule has 4 nitrogen and oxygen atoms in total. The lowest BCUT2D eigenvalue weighted by atomic mass is 9.58. The number of hydrogen-bond donors (Lipinski definition) is 2. The molecule has 6 atom stereocenters. The van der Waals surface area contributed by atoms with Crippen molar-refractivity contribution in [2.45, 2.75) is 44.2 Å². The standard InChI is InChI=1S/C18H26N2O2/c1-2-6-20-10-12(18(21)22)7-14-13-4-3-5-15-17(13)11(9-19-15)8-16(14)20/h2,9,12-17,19H,1,3-8,10H2,(H,21,22)/t12-,13?,14-,15?,16-,17?/m1/s1. The minimum absolute atomic E-state index is 0.207. The van der Waals surface area contributed by atoms with Crippen LogP contribution in [-0.2, 0) is 4.79 Å². The van der Waals surface area contributed by atoms with Gasteiger partial charge < -0.3 is 10.4 Å². The predicted octanol–water partition coefficient (Wildman–Crippen LogP) is 2.24. The maximum absolute atomic E-state index is 11.6. The molecule has 3 unspecified atom stereocenters. The number of carboxylic acids is 1. The van der Waals surface area contributed by atoms with E-state index in [1.807, 2.05) is 6.08 Å². The molecule has 2 N–H and O–H groups in total. The third kappa shape index (κ3) is 2.11. The van der Waals surface area contributed by atoms with Crippen LogP contribution in [0.5, 0.6) is 0 Å². The zero-order chi connectivity index (χ0) is 15.3. The van der Waals surface area contributed by atoms with Gasteiger partial charge >= 0.3 is 5.97 Å². The van der Waals surface area contributed by atoms with Crippen molar-refractivity contribution in [1.29, 1.82) is 0 Å². The van der Waals surface area contributed by atoms with Crippen LogP contribution in [-0.4, -0.2) is 41.1 Å². The lowest BCUT2D eigenvalue weighted by Gasteiger charge is -2.54. The Hall–Kier alpha value is -1.29. The average molecular weight is 302 g/mol. The summed E-state index contributed by atoms with van der Waals surface area (Å²) in [5, 5.41) is 13.2. The second-order valence-electron chi connectivity index (χ2n) is 7.56. The first-order chi connectivity index (χ1) is 10.7. The molecule has 0 bridgehead atoms. The number of likely N-dealkylation sites (tertiary alicyclic amines) is 1. The van der Waals surface area contributed by atoms with Crippen molar-refractivity contribution >= 4 is 5.97 Å². The highest BCUT2D eigenvalue weighted by molar-refractivity contribution is 5.70.